The average molecular weight is 319 g/mol. The predicted octanol–water partition coefficient (Wildman–Crippen LogP) is 2.85. The molecule has 0 atom stereocenters. The minimum atomic E-state index is -0.234. The van der Waals surface area contributed by atoms with Crippen molar-refractivity contribution in [1.82, 2.24) is 5.32 Å². The maximum atomic E-state index is 12.4. The van der Waals surface area contributed by atoms with Gasteiger partial charge in [-0.05, 0) is 32.0 Å². The molecule has 0 saturated heterocycles. The van der Waals surface area contributed by atoms with E-state index in [1.807, 2.05) is 19.9 Å². The fourth-order valence-corrected chi connectivity index (χ4v) is 2.35. The minimum Gasteiger partial charge on any atom is -0.493 e. The van der Waals surface area contributed by atoms with E-state index in [2.05, 4.69) is 5.32 Å². The first-order valence-corrected chi connectivity index (χ1v) is 7.14. The highest BCUT2D eigenvalue weighted by Gasteiger charge is 2.17. The van der Waals surface area contributed by atoms with Crippen LogP contribution in [0.25, 0.3) is 0 Å². The molecule has 0 aliphatic carbocycles. The lowest BCUT2D eigenvalue weighted by molar-refractivity contribution is 0.0950. The first-order chi connectivity index (χ1) is 11.0. The highest BCUT2D eigenvalue weighted by atomic mass is 16.5. The van der Waals surface area contributed by atoms with Crippen molar-refractivity contribution in [2.24, 2.45) is 0 Å². The van der Waals surface area contributed by atoms with Gasteiger partial charge in [0.1, 0.15) is 11.5 Å². The Morgan fingerprint density at radius 2 is 1.65 bits per heavy atom. The molecule has 6 heteroatoms. The normalized spacial score (nSPS) is 10.3. The molecule has 1 amide bonds. The van der Waals surface area contributed by atoms with Gasteiger partial charge in [-0.2, -0.15) is 0 Å². The Bertz CT molecular complexity index is 680. The van der Waals surface area contributed by atoms with Gasteiger partial charge in [0.2, 0.25) is 5.75 Å². The summed E-state index contributed by atoms with van der Waals surface area (Å²) in [6.07, 6.45) is 0. The van der Waals surface area contributed by atoms with E-state index in [1.54, 1.807) is 12.1 Å². The Morgan fingerprint density at radius 1 is 1.04 bits per heavy atom. The van der Waals surface area contributed by atoms with Crippen molar-refractivity contribution in [3.8, 4) is 17.2 Å². The third-order valence-electron chi connectivity index (χ3n) is 3.51. The molecule has 0 aliphatic rings. The van der Waals surface area contributed by atoms with Gasteiger partial charge in [0.05, 0.1) is 21.3 Å². The molecule has 1 aromatic carbocycles. The van der Waals surface area contributed by atoms with Crippen molar-refractivity contribution >= 4 is 5.91 Å². The van der Waals surface area contributed by atoms with Crippen molar-refractivity contribution in [1.29, 1.82) is 0 Å². The summed E-state index contributed by atoms with van der Waals surface area (Å²) >= 11 is 0. The van der Waals surface area contributed by atoms with Crippen LogP contribution in [0, 0.1) is 13.8 Å². The zero-order valence-corrected chi connectivity index (χ0v) is 14.0. The molecule has 2 aromatic rings. The molecule has 0 unspecified atom stereocenters. The topological polar surface area (TPSA) is 69.9 Å². The number of aryl methyl sites for hydroxylation is 2. The molecule has 0 fully saturated rings. The molecule has 1 heterocycles. The molecular formula is C17H21NO5. The fourth-order valence-electron chi connectivity index (χ4n) is 2.35. The summed E-state index contributed by atoms with van der Waals surface area (Å²) in [5.74, 6) is 2.71. The number of ether oxygens (including phenoxy) is 3. The monoisotopic (exact) mass is 319 g/mol. The van der Waals surface area contributed by atoms with E-state index < -0.39 is 0 Å². The van der Waals surface area contributed by atoms with Gasteiger partial charge in [-0.25, -0.2) is 0 Å². The fraction of sp³-hybridized carbons (Fsp3) is 0.353. The smallest absolute Gasteiger partial charge is 0.251 e. The predicted molar refractivity (Wildman–Crippen MR) is 85.5 cm³/mol. The summed E-state index contributed by atoms with van der Waals surface area (Å²) in [4.78, 5) is 12.4. The van der Waals surface area contributed by atoms with Gasteiger partial charge in [-0.1, -0.05) is 0 Å². The van der Waals surface area contributed by atoms with E-state index in [4.69, 9.17) is 18.6 Å². The molecular weight excluding hydrogens is 298 g/mol. The molecule has 2 rings (SSSR count). The second-order valence-corrected chi connectivity index (χ2v) is 5.04. The third kappa shape index (κ3) is 3.59. The minimum absolute atomic E-state index is 0.234. The molecule has 6 nitrogen and oxygen atoms in total. The lowest BCUT2D eigenvalue weighted by atomic mass is 10.1. The average Bonchev–Trinajstić information content (AvgIpc) is 2.88. The van der Waals surface area contributed by atoms with Gasteiger partial charge < -0.3 is 23.9 Å². The molecule has 0 spiro atoms. The van der Waals surface area contributed by atoms with Gasteiger partial charge in [0.15, 0.2) is 11.5 Å². The number of methoxy groups -OCH3 is 3. The SMILES string of the molecule is COc1cc(C(=O)NCc2cc(C)oc2C)cc(OC)c1OC. The van der Waals surface area contributed by atoms with E-state index in [0.29, 0.717) is 29.4 Å². The zero-order valence-electron chi connectivity index (χ0n) is 14.0. The van der Waals surface area contributed by atoms with Crippen LogP contribution in [-0.4, -0.2) is 27.2 Å². The van der Waals surface area contributed by atoms with Crippen molar-refractivity contribution in [3.05, 3.63) is 40.8 Å². The summed E-state index contributed by atoms with van der Waals surface area (Å²) in [6.45, 7) is 4.13. The molecule has 0 aliphatic heterocycles. The Labute approximate surface area is 135 Å². The van der Waals surface area contributed by atoms with Gasteiger partial charge in [0.25, 0.3) is 5.91 Å². The summed E-state index contributed by atoms with van der Waals surface area (Å²) in [6, 6.07) is 5.14. The van der Waals surface area contributed by atoms with Crippen LogP contribution in [0.4, 0.5) is 0 Å². The molecule has 0 radical (unpaired) electrons. The second-order valence-electron chi connectivity index (χ2n) is 5.04. The van der Waals surface area contributed by atoms with Crippen LogP contribution >= 0.6 is 0 Å². The van der Waals surface area contributed by atoms with Crippen LogP contribution in [0.15, 0.2) is 22.6 Å². The Kier molecular flexibility index (Phi) is 5.16. The van der Waals surface area contributed by atoms with Crippen molar-refractivity contribution in [2.75, 3.05) is 21.3 Å². The lowest BCUT2D eigenvalue weighted by Crippen LogP contribution is -2.23. The van der Waals surface area contributed by atoms with E-state index in [0.717, 1.165) is 17.1 Å². The number of carbonyl (C=O) groups excluding carboxylic acids is 1. The number of nitrogens with one attached hydrogen (secondary N) is 1. The van der Waals surface area contributed by atoms with Gasteiger partial charge in [0, 0.05) is 17.7 Å². The van der Waals surface area contributed by atoms with Crippen LogP contribution in [0.3, 0.4) is 0 Å². The highest BCUT2D eigenvalue weighted by molar-refractivity contribution is 5.95. The van der Waals surface area contributed by atoms with Crippen LogP contribution in [0.1, 0.15) is 27.4 Å². The number of carbonyl (C=O) groups is 1. The maximum absolute atomic E-state index is 12.4. The van der Waals surface area contributed by atoms with Crippen molar-refractivity contribution in [2.45, 2.75) is 20.4 Å². The van der Waals surface area contributed by atoms with E-state index >= 15 is 0 Å². The molecule has 0 saturated carbocycles. The summed E-state index contributed by atoms with van der Waals surface area (Å²) in [7, 11) is 4.54. The Balaban J connectivity index is 2.20. The maximum Gasteiger partial charge on any atom is 0.251 e. The van der Waals surface area contributed by atoms with Crippen LogP contribution in [-0.2, 0) is 6.54 Å². The van der Waals surface area contributed by atoms with Gasteiger partial charge in [-0.15, -0.1) is 0 Å². The number of benzene rings is 1. The third-order valence-corrected chi connectivity index (χ3v) is 3.51. The van der Waals surface area contributed by atoms with Gasteiger partial charge >= 0.3 is 0 Å². The molecule has 1 N–H and O–H groups in total. The van der Waals surface area contributed by atoms with Crippen molar-refractivity contribution in [3.63, 3.8) is 0 Å². The number of furan rings is 1. The first-order valence-electron chi connectivity index (χ1n) is 7.14. The molecule has 0 bridgehead atoms. The molecule has 1 aromatic heterocycles. The lowest BCUT2D eigenvalue weighted by Gasteiger charge is -2.14. The van der Waals surface area contributed by atoms with Crippen LogP contribution < -0.4 is 19.5 Å². The van der Waals surface area contributed by atoms with E-state index in [-0.39, 0.29) is 5.91 Å². The van der Waals surface area contributed by atoms with Crippen LogP contribution in [0.2, 0.25) is 0 Å². The number of hydrogen-bond donors (Lipinski definition) is 1. The van der Waals surface area contributed by atoms with E-state index in [9.17, 15) is 4.79 Å². The summed E-state index contributed by atoms with van der Waals surface area (Å²) < 4.78 is 21.2. The van der Waals surface area contributed by atoms with E-state index in [1.165, 1.54) is 21.3 Å². The molecule has 23 heavy (non-hydrogen) atoms. The van der Waals surface area contributed by atoms with Crippen LogP contribution in [0.5, 0.6) is 17.2 Å². The highest BCUT2D eigenvalue weighted by Crippen LogP contribution is 2.38. The number of hydrogen-bond acceptors (Lipinski definition) is 5. The Morgan fingerprint density at radius 3 is 2.09 bits per heavy atom. The summed E-state index contributed by atoms with van der Waals surface area (Å²) in [5.41, 5.74) is 1.38. The summed E-state index contributed by atoms with van der Waals surface area (Å²) in [5, 5.41) is 2.86. The number of rotatable bonds is 6. The quantitative estimate of drug-likeness (QED) is 0.886. The van der Waals surface area contributed by atoms with Gasteiger partial charge in [-0.3, -0.25) is 4.79 Å². The zero-order chi connectivity index (χ0) is 17.0. The second kappa shape index (κ2) is 7.09. The van der Waals surface area contributed by atoms with Crippen molar-refractivity contribution < 1.29 is 23.4 Å². The Hall–Kier alpha value is -2.63. The first kappa shape index (κ1) is 16.7. The standard InChI is InChI=1S/C17H21NO5/c1-10-6-13(11(2)23-10)9-18-17(19)12-7-14(20-3)16(22-5)15(8-12)21-4/h6-8H,9H2,1-5H3,(H,18,19). The molecule has 124 valence electrons. The number of amides is 1. The largest absolute Gasteiger partial charge is 0.493 e.